The first kappa shape index (κ1) is 17.9. The number of likely N-dealkylation sites (tertiary alicyclic amines) is 1. The van der Waals surface area contributed by atoms with Crippen LogP contribution >= 0.6 is 12.4 Å². The van der Waals surface area contributed by atoms with Crippen molar-refractivity contribution < 1.29 is 14.4 Å². The second kappa shape index (κ2) is 8.34. The summed E-state index contributed by atoms with van der Waals surface area (Å²) in [6.45, 7) is 1.01. The molecule has 6 nitrogen and oxygen atoms in total. The van der Waals surface area contributed by atoms with Gasteiger partial charge in [-0.3, -0.25) is 19.3 Å². The lowest BCUT2D eigenvalue weighted by Crippen LogP contribution is -2.41. The van der Waals surface area contributed by atoms with Gasteiger partial charge in [-0.15, -0.1) is 12.4 Å². The molecule has 120 valence electrons. The number of nitrogens with zero attached hydrogens (tertiary/aromatic N) is 1. The molecule has 0 aromatic rings. The van der Waals surface area contributed by atoms with E-state index in [1.54, 1.807) is 0 Å². The van der Waals surface area contributed by atoms with Crippen molar-refractivity contribution in [2.45, 2.75) is 38.5 Å². The molecule has 3 amide bonds. The zero-order chi connectivity index (χ0) is 14.5. The number of unbranched alkanes of at least 4 members (excludes halogenated alkanes) is 1. The molecule has 1 heterocycles. The maximum atomic E-state index is 12.2. The minimum atomic E-state index is -0.262. The number of hydrogen-bond donors (Lipinski definition) is 2. The molecular formula is C14H24ClN3O3. The maximum Gasteiger partial charge on any atom is 0.240 e. The first-order valence-corrected chi connectivity index (χ1v) is 7.47. The predicted molar refractivity (Wildman–Crippen MR) is 80.7 cm³/mol. The third-order valence-electron chi connectivity index (χ3n) is 4.19. The Morgan fingerprint density at radius 3 is 2.24 bits per heavy atom. The van der Waals surface area contributed by atoms with E-state index in [2.05, 4.69) is 5.32 Å². The average molecular weight is 318 g/mol. The van der Waals surface area contributed by atoms with Gasteiger partial charge in [-0.1, -0.05) is 12.8 Å². The van der Waals surface area contributed by atoms with Crippen LogP contribution in [0, 0.1) is 11.8 Å². The van der Waals surface area contributed by atoms with Crippen LogP contribution in [0.25, 0.3) is 0 Å². The Labute approximate surface area is 131 Å². The van der Waals surface area contributed by atoms with Gasteiger partial charge in [-0.25, -0.2) is 0 Å². The van der Waals surface area contributed by atoms with E-state index in [1.165, 1.54) is 0 Å². The van der Waals surface area contributed by atoms with E-state index < -0.39 is 0 Å². The first-order valence-electron chi connectivity index (χ1n) is 7.47. The second-order valence-electron chi connectivity index (χ2n) is 5.61. The summed E-state index contributed by atoms with van der Waals surface area (Å²) < 4.78 is 0. The lowest BCUT2D eigenvalue weighted by atomic mass is 9.81. The number of fused-ring (bicyclic) bond motifs is 1. The van der Waals surface area contributed by atoms with Crippen molar-refractivity contribution in [2.75, 3.05) is 19.6 Å². The normalized spacial score (nSPS) is 24.5. The summed E-state index contributed by atoms with van der Waals surface area (Å²) in [5, 5.41) is 2.73. The van der Waals surface area contributed by atoms with Gasteiger partial charge in [0.15, 0.2) is 0 Å². The van der Waals surface area contributed by atoms with Crippen molar-refractivity contribution in [1.29, 1.82) is 0 Å². The highest BCUT2D eigenvalue weighted by Crippen LogP contribution is 2.37. The van der Waals surface area contributed by atoms with Crippen LogP contribution in [0.4, 0.5) is 0 Å². The molecule has 1 aliphatic carbocycles. The summed E-state index contributed by atoms with van der Waals surface area (Å²) in [6.07, 6.45) is 5.23. The smallest absolute Gasteiger partial charge is 0.240 e. The first-order chi connectivity index (χ1) is 9.65. The van der Waals surface area contributed by atoms with Crippen LogP contribution < -0.4 is 11.1 Å². The number of carbonyl (C=O) groups excluding carboxylic acids is 3. The summed E-state index contributed by atoms with van der Waals surface area (Å²) in [5.74, 6) is -0.932. The Bertz CT molecular complexity index is 379. The lowest BCUT2D eigenvalue weighted by Gasteiger charge is -2.19. The Kier molecular flexibility index (Phi) is 7.11. The van der Waals surface area contributed by atoms with E-state index in [-0.39, 0.29) is 48.5 Å². The minimum Gasteiger partial charge on any atom is -0.355 e. The molecular weight excluding hydrogens is 294 g/mol. The molecule has 21 heavy (non-hydrogen) atoms. The number of rotatable bonds is 6. The van der Waals surface area contributed by atoms with Crippen LogP contribution in [0.1, 0.15) is 38.5 Å². The molecule has 2 atom stereocenters. The van der Waals surface area contributed by atoms with Gasteiger partial charge in [0.25, 0.3) is 0 Å². The van der Waals surface area contributed by atoms with Gasteiger partial charge in [0.05, 0.1) is 11.8 Å². The quantitative estimate of drug-likeness (QED) is 0.549. The van der Waals surface area contributed by atoms with Crippen molar-refractivity contribution in [3.05, 3.63) is 0 Å². The molecule has 2 fully saturated rings. The van der Waals surface area contributed by atoms with Gasteiger partial charge in [0.1, 0.15) is 6.54 Å². The van der Waals surface area contributed by atoms with Crippen LogP contribution in [0.15, 0.2) is 0 Å². The molecule has 0 aromatic carbocycles. The van der Waals surface area contributed by atoms with Crippen LogP contribution in [0.5, 0.6) is 0 Å². The summed E-state index contributed by atoms with van der Waals surface area (Å²) in [5.41, 5.74) is 5.37. The molecule has 2 unspecified atom stereocenters. The third-order valence-corrected chi connectivity index (χ3v) is 4.19. The number of nitrogens with two attached hydrogens (primary N) is 1. The van der Waals surface area contributed by atoms with Gasteiger partial charge in [-0.2, -0.15) is 0 Å². The molecule has 0 radical (unpaired) electrons. The molecule has 1 aliphatic heterocycles. The summed E-state index contributed by atoms with van der Waals surface area (Å²) in [7, 11) is 0. The van der Waals surface area contributed by atoms with E-state index in [1.807, 2.05) is 0 Å². The van der Waals surface area contributed by atoms with Crippen molar-refractivity contribution in [3.8, 4) is 0 Å². The summed E-state index contributed by atoms with van der Waals surface area (Å²) >= 11 is 0. The van der Waals surface area contributed by atoms with Crippen molar-refractivity contribution in [3.63, 3.8) is 0 Å². The van der Waals surface area contributed by atoms with Gasteiger partial charge in [-0.05, 0) is 32.2 Å². The fraction of sp³-hybridized carbons (Fsp3) is 0.786. The highest BCUT2D eigenvalue weighted by Gasteiger charge is 2.48. The number of halogens is 1. The minimum absolute atomic E-state index is 0. The molecule has 7 heteroatoms. The van der Waals surface area contributed by atoms with Gasteiger partial charge in [0.2, 0.25) is 17.7 Å². The van der Waals surface area contributed by atoms with E-state index in [9.17, 15) is 14.4 Å². The molecule has 2 rings (SSSR count). The van der Waals surface area contributed by atoms with Crippen LogP contribution in [0.2, 0.25) is 0 Å². The molecule has 2 aliphatic rings. The van der Waals surface area contributed by atoms with E-state index in [4.69, 9.17) is 5.73 Å². The van der Waals surface area contributed by atoms with Gasteiger partial charge >= 0.3 is 0 Å². The Morgan fingerprint density at radius 1 is 1.14 bits per heavy atom. The zero-order valence-corrected chi connectivity index (χ0v) is 13.0. The number of hydrogen-bond acceptors (Lipinski definition) is 4. The standard InChI is InChI=1S/C14H23N3O3.ClH/c15-7-3-4-8-16-12(18)9-17-13(19)10-5-1-2-6-11(10)14(17)20;/h10-11H,1-9,15H2,(H,16,18);1H. The fourth-order valence-electron chi connectivity index (χ4n) is 3.08. The zero-order valence-electron chi connectivity index (χ0n) is 12.2. The topological polar surface area (TPSA) is 92.5 Å². The number of carbonyl (C=O) groups is 3. The molecule has 0 spiro atoms. The number of amides is 3. The van der Waals surface area contributed by atoms with E-state index in [0.29, 0.717) is 13.1 Å². The van der Waals surface area contributed by atoms with Crippen LogP contribution in [-0.2, 0) is 14.4 Å². The largest absolute Gasteiger partial charge is 0.355 e. The van der Waals surface area contributed by atoms with Crippen LogP contribution in [-0.4, -0.2) is 42.3 Å². The summed E-state index contributed by atoms with van der Waals surface area (Å²) in [6, 6.07) is 0. The van der Waals surface area contributed by atoms with Gasteiger partial charge in [0, 0.05) is 6.54 Å². The maximum absolute atomic E-state index is 12.2. The summed E-state index contributed by atoms with van der Waals surface area (Å²) in [4.78, 5) is 37.3. The predicted octanol–water partition coefficient (Wildman–Crippen LogP) is 0.438. The van der Waals surface area contributed by atoms with Crippen LogP contribution in [0.3, 0.4) is 0 Å². The number of nitrogens with one attached hydrogen (secondary N) is 1. The molecule has 3 N–H and O–H groups in total. The third kappa shape index (κ3) is 4.17. The highest BCUT2D eigenvalue weighted by molar-refractivity contribution is 6.07. The Balaban J connectivity index is 0.00000220. The molecule has 1 saturated carbocycles. The second-order valence-corrected chi connectivity index (χ2v) is 5.61. The fourth-order valence-corrected chi connectivity index (χ4v) is 3.08. The van der Waals surface area contributed by atoms with Crippen molar-refractivity contribution in [1.82, 2.24) is 10.2 Å². The van der Waals surface area contributed by atoms with E-state index >= 15 is 0 Å². The molecule has 0 aromatic heterocycles. The van der Waals surface area contributed by atoms with Crippen molar-refractivity contribution >= 4 is 30.1 Å². The number of imide groups is 1. The average Bonchev–Trinajstić information content (AvgIpc) is 2.69. The Morgan fingerprint density at radius 2 is 1.71 bits per heavy atom. The molecule has 0 bridgehead atoms. The van der Waals surface area contributed by atoms with E-state index in [0.717, 1.165) is 43.4 Å². The SMILES string of the molecule is Cl.NCCCCNC(=O)CN1C(=O)C2CCCCC2C1=O. The monoisotopic (exact) mass is 317 g/mol. The van der Waals surface area contributed by atoms with Crippen molar-refractivity contribution in [2.24, 2.45) is 17.6 Å². The Hall–Kier alpha value is -1.14. The lowest BCUT2D eigenvalue weighted by molar-refractivity contribution is -0.143. The van der Waals surface area contributed by atoms with Gasteiger partial charge < -0.3 is 11.1 Å². The highest BCUT2D eigenvalue weighted by atomic mass is 35.5. The molecule has 1 saturated heterocycles.